The second-order valence-corrected chi connectivity index (χ2v) is 15.8. The van der Waals surface area contributed by atoms with Crippen molar-refractivity contribution >= 4 is 70.3 Å². The number of hydrogen-bond acceptors (Lipinski definition) is 12. The monoisotopic (exact) mass is 648 g/mol. The smallest absolute Gasteiger partial charge is 0.351 e. The molecule has 1 aromatic heterocycles. The van der Waals surface area contributed by atoms with Crippen LogP contribution >= 0.6 is 41.6 Å². The van der Waals surface area contributed by atoms with Gasteiger partial charge in [0, 0.05) is 17.4 Å². The summed E-state index contributed by atoms with van der Waals surface area (Å²) < 4.78 is 21.8. The van der Waals surface area contributed by atoms with Crippen molar-refractivity contribution in [2.75, 3.05) is 24.7 Å². The summed E-state index contributed by atoms with van der Waals surface area (Å²) in [5, 5.41) is 13.6. The number of rotatable bonds is 12. The lowest BCUT2D eigenvalue weighted by Crippen LogP contribution is -2.40. The Morgan fingerprint density at radius 1 is 1.36 bits per heavy atom. The number of nitrogens with two attached hydrogens (primary N) is 1. The molecule has 4 N–H and O–H groups in total. The van der Waals surface area contributed by atoms with Crippen molar-refractivity contribution in [3.05, 3.63) is 22.7 Å². The number of carbonyl (C=O) groups is 2. The molecule has 0 amide bonds. The zero-order chi connectivity index (χ0) is 29.8. The summed E-state index contributed by atoms with van der Waals surface area (Å²) in [7, 11) is 0. The summed E-state index contributed by atoms with van der Waals surface area (Å²) in [6.45, 7) is 6.63. The fraction of sp³-hybridized carbons (Fsp3) is 0.727. The molecular formula is C22H35Cl2N4O8PS2. The fourth-order valence-electron chi connectivity index (χ4n) is 3.13. The average molecular weight is 650 g/mol. The van der Waals surface area contributed by atoms with Gasteiger partial charge in [0.05, 0.1) is 19.3 Å². The van der Waals surface area contributed by atoms with Gasteiger partial charge in [-0.25, -0.2) is 9.88 Å². The van der Waals surface area contributed by atoms with E-state index in [1.165, 1.54) is 19.2 Å². The van der Waals surface area contributed by atoms with Crippen LogP contribution in [0.5, 0.6) is 0 Å². The molecule has 0 spiro atoms. The molecule has 1 aliphatic rings. The van der Waals surface area contributed by atoms with Gasteiger partial charge in [-0.05, 0) is 38.6 Å². The number of carbonyl (C=O) groups excluding carboxylic acids is 2. The highest BCUT2D eigenvalue weighted by molar-refractivity contribution is 8.13. The predicted octanol–water partition coefficient (Wildman–Crippen LogP) is 2.75. The normalized spacial score (nSPS) is 23.4. The Morgan fingerprint density at radius 3 is 2.56 bits per heavy atom. The quantitative estimate of drug-likeness (QED) is 0.131. The van der Waals surface area contributed by atoms with Crippen LogP contribution in [0.25, 0.3) is 0 Å². The van der Waals surface area contributed by atoms with Crippen LogP contribution < -0.4 is 16.5 Å². The summed E-state index contributed by atoms with van der Waals surface area (Å²) >= 11 is 19.5. The lowest BCUT2D eigenvalue weighted by molar-refractivity contribution is -0.149. The van der Waals surface area contributed by atoms with E-state index in [4.69, 9.17) is 59.3 Å². The van der Waals surface area contributed by atoms with E-state index in [1.807, 2.05) is 20.8 Å². The highest BCUT2D eigenvalue weighted by Crippen LogP contribution is 2.49. The first kappa shape index (κ1) is 34.4. The Bertz CT molecular complexity index is 1130. The number of nitrogen functional groups attached to an aromatic ring is 1. The molecule has 2 rings (SSSR count). The minimum Gasteiger partial charge on any atom is -0.462 e. The Hall–Kier alpha value is -0.800. The molecule has 0 bridgehead atoms. The molecule has 1 aromatic rings. The average Bonchev–Trinajstić information content (AvgIpc) is 3.03. The van der Waals surface area contributed by atoms with E-state index in [9.17, 15) is 19.5 Å². The number of nitrogens with zero attached hydrogens (tertiary/aromatic N) is 2. The first-order chi connectivity index (χ1) is 17.9. The predicted molar refractivity (Wildman–Crippen MR) is 154 cm³/mol. The number of hydrogen-bond donors (Lipinski definition) is 3. The first-order valence-electron chi connectivity index (χ1n) is 12.0. The third-order valence-corrected chi connectivity index (χ3v) is 9.87. The van der Waals surface area contributed by atoms with Crippen LogP contribution in [0.4, 0.5) is 5.82 Å². The van der Waals surface area contributed by atoms with Gasteiger partial charge < -0.3 is 29.4 Å². The Balaban J connectivity index is 2.16. The van der Waals surface area contributed by atoms with Gasteiger partial charge in [0.15, 0.2) is 15.7 Å². The number of nitrogens with one attached hydrogen (secondary N) is 1. The number of esters is 1. The highest BCUT2D eigenvalue weighted by atomic mass is 35.5. The maximum atomic E-state index is 12.4. The van der Waals surface area contributed by atoms with Gasteiger partial charge in [0.25, 0.3) is 6.64 Å². The molecule has 1 saturated heterocycles. The van der Waals surface area contributed by atoms with Crippen LogP contribution in [0.3, 0.4) is 0 Å². The minimum absolute atomic E-state index is 0.0131. The minimum atomic E-state index is -3.42. The van der Waals surface area contributed by atoms with Gasteiger partial charge in [0.2, 0.25) is 0 Å². The van der Waals surface area contributed by atoms with Crippen molar-refractivity contribution in [2.45, 2.75) is 76.5 Å². The number of halogens is 2. The number of aliphatic hydroxyl groups excluding tert-OH is 1. The van der Waals surface area contributed by atoms with Gasteiger partial charge in [-0.1, -0.05) is 55.7 Å². The summed E-state index contributed by atoms with van der Waals surface area (Å²) in [6.07, 6.45) is -3.04. The highest BCUT2D eigenvalue weighted by Gasteiger charge is 2.56. The van der Waals surface area contributed by atoms with Gasteiger partial charge in [-0.2, -0.15) is 4.98 Å². The topological polar surface area (TPSA) is 164 Å². The molecule has 2 heterocycles. The van der Waals surface area contributed by atoms with Crippen LogP contribution in [0, 0.1) is 5.41 Å². The summed E-state index contributed by atoms with van der Waals surface area (Å²) in [6, 6.07) is 0.450. The first-order valence-corrected chi connectivity index (χ1v) is 16.4. The van der Waals surface area contributed by atoms with E-state index in [0.29, 0.717) is 0 Å². The van der Waals surface area contributed by atoms with E-state index < -0.39 is 52.5 Å². The van der Waals surface area contributed by atoms with Crippen molar-refractivity contribution in [1.29, 1.82) is 0 Å². The standard InChI is InChI=1S/C22H35Cl2N4O8PS2/c1-12(2)35-17(30)13(3)27-37(38,33-9-10-39-19(31)21(4,5)6)34-11-14-16(29)22(23,24)18(36-14)28-8-7-15(25)26-20(28)32/h7-8,12-14,16,18,29H,9-11H2,1-6H3,(H,27,38)(H2,25,26,32)/t13-,14+,16+,18+,37-/m0/s1. The van der Waals surface area contributed by atoms with Crippen LogP contribution in [0.1, 0.15) is 47.8 Å². The second kappa shape index (κ2) is 13.9. The molecule has 17 heteroatoms. The lowest BCUT2D eigenvalue weighted by Gasteiger charge is -2.28. The molecule has 0 unspecified atom stereocenters. The number of anilines is 1. The van der Waals surface area contributed by atoms with Crippen molar-refractivity contribution < 1.29 is 33.2 Å². The zero-order valence-corrected chi connectivity index (χ0v) is 26.5. The largest absolute Gasteiger partial charge is 0.462 e. The number of thioether (sulfide) groups is 1. The summed E-state index contributed by atoms with van der Waals surface area (Å²) in [4.78, 5) is 40.6. The number of ether oxygens (including phenoxy) is 2. The van der Waals surface area contributed by atoms with Crippen LogP contribution in [-0.2, 0) is 39.9 Å². The van der Waals surface area contributed by atoms with E-state index in [-0.39, 0.29) is 36.0 Å². The van der Waals surface area contributed by atoms with Crippen LogP contribution in [0.2, 0.25) is 0 Å². The molecule has 0 saturated carbocycles. The molecule has 1 fully saturated rings. The van der Waals surface area contributed by atoms with Gasteiger partial charge in [-0.15, -0.1) is 0 Å². The van der Waals surface area contributed by atoms with Crippen molar-refractivity contribution in [3.8, 4) is 0 Å². The molecule has 0 radical (unpaired) electrons. The molecule has 39 heavy (non-hydrogen) atoms. The molecular weight excluding hydrogens is 614 g/mol. The molecule has 1 aliphatic heterocycles. The Labute approximate surface area is 246 Å². The molecule has 5 atom stereocenters. The van der Waals surface area contributed by atoms with E-state index in [2.05, 4.69) is 10.1 Å². The fourth-order valence-corrected chi connectivity index (χ4v) is 6.99. The van der Waals surface area contributed by atoms with Crippen LogP contribution in [0.15, 0.2) is 17.1 Å². The molecule has 0 aliphatic carbocycles. The van der Waals surface area contributed by atoms with Crippen LogP contribution in [-0.4, -0.2) is 73.4 Å². The summed E-state index contributed by atoms with van der Waals surface area (Å²) in [5.41, 5.74) is 4.22. The van der Waals surface area contributed by atoms with Crippen molar-refractivity contribution in [2.24, 2.45) is 5.41 Å². The Kier molecular flexibility index (Phi) is 12.3. The molecule has 12 nitrogen and oxygen atoms in total. The second-order valence-electron chi connectivity index (χ2n) is 10.0. The Morgan fingerprint density at radius 2 is 2.00 bits per heavy atom. The number of aromatic nitrogens is 2. The lowest BCUT2D eigenvalue weighted by atomic mass is 10.00. The van der Waals surface area contributed by atoms with E-state index in [0.717, 1.165) is 16.3 Å². The van der Waals surface area contributed by atoms with Gasteiger partial charge >= 0.3 is 11.7 Å². The maximum Gasteiger partial charge on any atom is 0.351 e. The van der Waals surface area contributed by atoms with E-state index >= 15 is 0 Å². The summed E-state index contributed by atoms with van der Waals surface area (Å²) in [5.74, 6) is -0.299. The third kappa shape index (κ3) is 9.63. The maximum absolute atomic E-state index is 12.4. The van der Waals surface area contributed by atoms with Gasteiger partial charge in [-0.3, -0.25) is 14.2 Å². The van der Waals surface area contributed by atoms with Crippen molar-refractivity contribution in [3.63, 3.8) is 0 Å². The molecule has 222 valence electrons. The number of alkyl halides is 2. The zero-order valence-electron chi connectivity index (χ0n) is 22.5. The SMILES string of the molecule is CC(C)OC(=O)[C@H](C)N[P@](=S)(OCCSC(=O)C(C)(C)C)OC[C@H]1O[C@@H](n2ccc(N)nc2=O)C(Cl)(Cl)[C@@H]1O. The van der Waals surface area contributed by atoms with Gasteiger partial charge in [0.1, 0.15) is 24.1 Å². The number of aliphatic hydroxyl groups is 1. The third-order valence-electron chi connectivity index (χ3n) is 5.14. The van der Waals surface area contributed by atoms with E-state index in [1.54, 1.807) is 13.8 Å². The van der Waals surface area contributed by atoms with Crippen molar-refractivity contribution in [1.82, 2.24) is 14.6 Å². The molecule has 0 aromatic carbocycles.